The summed E-state index contributed by atoms with van der Waals surface area (Å²) in [7, 11) is 0. The van der Waals surface area contributed by atoms with Gasteiger partial charge in [-0.3, -0.25) is 4.79 Å². The number of carbonyl (C=O) groups is 1. The van der Waals surface area contributed by atoms with Gasteiger partial charge < -0.3 is 9.47 Å². The molecule has 0 saturated carbocycles. The molecule has 0 unspecified atom stereocenters. The van der Waals surface area contributed by atoms with E-state index in [1.807, 2.05) is 6.92 Å². The smallest absolute Gasteiger partial charge is 0.193 e. The van der Waals surface area contributed by atoms with E-state index in [0.29, 0.717) is 40.4 Å². The van der Waals surface area contributed by atoms with Crippen molar-refractivity contribution in [3.8, 4) is 5.82 Å². The first-order valence-electron chi connectivity index (χ1n) is 10.8. The van der Waals surface area contributed by atoms with E-state index >= 15 is 0 Å². The molecule has 2 atom stereocenters. The summed E-state index contributed by atoms with van der Waals surface area (Å²) in [5.41, 5.74) is 2.75. The van der Waals surface area contributed by atoms with Crippen LogP contribution < -0.4 is 0 Å². The third-order valence-corrected chi connectivity index (χ3v) is 5.98. The maximum Gasteiger partial charge on any atom is 0.193 e. The van der Waals surface area contributed by atoms with Crippen LogP contribution >= 0.6 is 23.2 Å². The van der Waals surface area contributed by atoms with Gasteiger partial charge in [0, 0.05) is 43.5 Å². The highest BCUT2D eigenvalue weighted by Crippen LogP contribution is 2.27. The lowest BCUT2D eigenvalue weighted by molar-refractivity contribution is -0.117. The molecule has 0 amide bonds. The fraction of sp³-hybridized carbons (Fsp3) is 0.364. The van der Waals surface area contributed by atoms with Crippen molar-refractivity contribution >= 4 is 34.6 Å². The van der Waals surface area contributed by atoms with Gasteiger partial charge in [-0.05, 0) is 25.0 Å². The van der Waals surface area contributed by atoms with Crippen molar-refractivity contribution in [3.05, 3.63) is 63.9 Å². The monoisotopic (exact) mass is 501 g/mol. The van der Waals surface area contributed by atoms with E-state index in [1.54, 1.807) is 29.0 Å². The Hall–Kier alpha value is -2.92. The predicted molar refractivity (Wildman–Crippen MR) is 123 cm³/mol. The number of pyridine rings is 1. The Morgan fingerprint density at radius 1 is 1.21 bits per heavy atom. The third kappa shape index (κ3) is 4.80. The summed E-state index contributed by atoms with van der Waals surface area (Å²) >= 11 is 12.5. The Morgan fingerprint density at radius 2 is 2.03 bits per heavy atom. The van der Waals surface area contributed by atoms with E-state index < -0.39 is 0 Å². The van der Waals surface area contributed by atoms with Crippen LogP contribution in [0.1, 0.15) is 36.3 Å². The summed E-state index contributed by atoms with van der Waals surface area (Å²) in [4.78, 5) is 23.1. The fourth-order valence-electron chi connectivity index (χ4n) is 4.04. The summed E-state index contributed by atoms with van der Waals surface area (Å²) < 4.78 is 13.3. The van der Waals surface area contributed by atoms with Gasteiger partial charge in [-0.2, -0.15) is 15.3 Å². The lowest BCUT2D eigenvalue weighted by Gasteiger charge is -2.21. The van der Waals surface area contributed by atoms with Crippen molar-refractivity contribution < 1.29 is 14.3 Å². The molecule has 4 aromatic heterocycles. The van der Waals surface area contributed by atoms with Crippen LogP contribution in [0.4, 0.5) is 0 Å². The molecule has 10 nitrogen and oxygen atoms in total. The van der Waals surface area contributed by atoms with Crippen molar-refractivity contribution in [1.29, 1.82) is 0 Å². The van der Waals surface area contributed by atoms with Gasteiger partial charge in [0.2, 0.25) is 0 Å². The van der Waals surface area contributed by atoms with Gasteiger partial charge in [-0.1, -0.05) is 23.2 Å². The fourth-order valence-corrected chi connectivity index (χ4v) is 4.48. The minimum Gasteiger partial charge on any atom is -0.379 e. The molecule has 12 heteroatoms. The first-order chi connectivity index (χ1) is 16.5. The third-order valence-electron chi connectivity index (χ3n) is 5.52. The highest BCUT2D eigenvalue weighted by atomic mass is 35.5. The van der Waals surface area contributed by atoms with Gasteiger partial charge in [0.1, 0.15) is 5.78 Å². The van der Waals surface area contributed by atoms with Crippen LogP contribution in [-0.4, -0.2) is 59.7 Å². The van der Waals surface area contributed by atoms with Crippen molar-refractivity contribution in [2.24, 2.45) is 0 Å². The van der Waals surface area contributed by atoms with Crippen molar-refractivity contribution in [1.82, 2.24) is 34.6 Å². The van der Waals surface area contributed by atoms with E-state index in [0.717, 1.165) is 17.7 Å². The molecule has 0 spiro atoms. The Morgan fingerprint density at radius 3 is 2.76 bits per heavy atom. The van der Waals surface area contributed by atoms with Crippen LogP contribution in [0, 0.1) is 0 Å². The molecule has 1 saturated heterocycles. The maximum atomic E-state index is 13.0. The summed E-state index contributed by atoms with van der Waals surface area (Å²) in [6.45, 7) is 3.15. The average molecular weight is 502 g/mol. The molecule has 1 aliphatic rings. The number of fused-ring (bicyclic) bond motifs is 1. The number of Topliss-reactive ketones (excluding diaryl/α,β-unsaturated/α-hetero) is 1. The van der Waals surface area contributed by atoms with Crippen LogP contribution in [0.15, 0.2) is 36.9 Å². The quantitative estimate of drug-likeness (QED) is 0.361. The minimum absolute atomic E-state index is 0.0104. The molecule has 0 radical (unpaired) electrons. The number of aromatic nitrogens is 7. The van der Waals surface area contributed by atoms with Crippen LogP contribution in [0.25, 0.3) is 11.5 Å². The second-order valence-corrected chi connectivity index (χ2v) is 8.82. The molecule has 0 aromatic carbocycles. The number of hydrogen-bond donors (Lipinski definition) is 0. The van der Waals surface area contributed by atoms with Crippen molar-refractivity contribution in [2.45, 2.75) is 38.4 Å². The first-order valence-corrected chi connectivity index (χ1v) is 11.5. The van der Waals surface area contributed by atoms with Gasteiger partial charge in [0.25, 0.3) is 0 Å². The minimum atomic E-state index is -0.340. The van der Waals surface area contributed by atoms with Gasteiger partial charge in [-0.15, -0.1) is 4.80 Å². The summed E-state index contributed by atoms with van der Waals surface area (Å²) in [5, 5.41) is 13.1. The molecule has 0 bridgehead atoms. The number of ketones is 1. The number of halogens is 2. The second kappa shape index (κ2) is 9.75. The number of ether oxygens (including phenoxy) is 2. The van der Waals surface area contributed by atoms with Crippen LogP contribution in [0.2, 0.25) is 10.2 Å². The Labute approximate surface area is 204 Å². The van der Waals surface area contributed by atoms with E-state index in [9.17, 15) is 4.79 Å². The molecule has 5 rings (SSSR count). The van der Waals surface area contributed by atoms with Crippen molar-refractivity contribution in [2.75, 3.05) is 13.2 Å². The molecule has 0 N–H and O–H groups in total. The summed E-state index contributed by atoms with van der Waals surface area (Å²) in [6.07, 6.45) is 7.13. The number of nitrogens with zero attached hydrogens (tertiary/aromatic N) is 7. The molecular formula is C22H21Cl2N7O3. The number of carbonyl (C=O) groups excluding carboxylic acids is 1. The van der Waals surface area contributed by atoms with E-state index in [-0.39, 0.29) is 30.8 Å². The van der Waals surface area contributed by atoms with E-state index in [1.165, 1.54) is 17.2 Å². The molecule has 1 aliphatic heterocycles. The SMILES string of the molecule is C[C@H](O[C@H]1CCOC1)c1c(CC(=O)Cc2cnc(-n3nccn3)c(Cl)c2)cnc2cc(Cl)nn12. The second-order valence-electron chi connectivity index (χ2n) is 8.03. The van der Waals surface area contributed by atoms with Gasteiger partial charge >= 0.3 is 0 Å². The molecule has 176 valence electrons. The molecule has 34 heavy (non-hydrogen) atoms. The normalized spacial score (nSPS) is 16.9. The van der Waals surface area contributed by atoms with Crippen LogP contribution in [0.3, 0.4) is 0 Å². The molecule has 5 heterocycles. The molecule has 0 aliphatic carbocycles. The lowest BCUT2D eigenvalue weighted by Crippen LogP contribution is -2.20. The Bertz CT molecular complexity index is 1320. The van der Waals surface area contributed by atoms with Crippen molar-refractivity contribution in [3.63, 3.8) is 0 Å². The molecular weight excluding hydrogens is 481 g/mol. The van der Waals surface area contributed by atoms with Crippen LogP contribution in [-0.2, 0) is 27.1 Å². The van der Waals surface area contributed by atoms with Gasteiger partial charge in [0.05, 0.1) is 41.9 Å². The van der Waals surface area contributed by atoms with E-state index in [4.69, 9.17) is 32.7 Å². The average Bonchev–Trinajstić information content (AvgIpc) is 3.55. The van der Waals surface area contributed by atoms with E-state index in [2.05, 4.69) is 25.3 Å². The lowest BCUT2D eigenvalue weighted by atomic mass is 10.0. The summed E-state index contributed by atoms with van der Waals surface area (Å²) in [6, 6.07) is 3.37. The van der Waals surface area contributed by atoms with Gasteiger partial charge in [-0.25, -0.2) is 14.5 Å². The standard InChI is InChI=1S/C22H21Cl2N7O3/c1-13(34-17-2-5-33-12-17)21-15(11-25-20-9-19(24)29-30(20)21)8-16(32)6-14-7-18(23)22(26-10-14)31-27-3-4-28-31/h3-4,7,9-11,13,17H,2,5-6,8,12H2,1H3/t13-,17-/m0/s1. The van der Waals surface area contributed by atoms with Crippen LogP contribution in [0.5, 0.6) is 0 Å². The largest absolute Gasteiger partial charge is 0.379 e. The Balaban J connectivity index is 1.37. The predicted octanol–water partition coefficient (Wildman–Crippen LogP) is 3.23. The number of rotatable bonds is 8. The topological polar surface area (TPSA) is 109 Å². The number of hydrogen-bond acceptors (Lipinski definition) is 8. The zero-order valence-corrected chi connectivity index (χ0v) is 19.8. The molecule has 4 aromatic rings. The molecule has 1 fully saturated rings. The highest BCUT2D eigenvalue weighted by Gasteiger charge is 2.25. The first kappa shape index (κ1) is 22.9. The summed E-state index contributed by atoms with van der Waals surface area (Å²) in [5.74, 6) is 0.372. The highest BCUT2D eigenvalue weighted by molar-refractivity contribution is 6.32. The van der Waals surface area contributed by atoms with Gasteiger partial charge in [0.15, 0.2) is 16.6 Å². The zero-order chi connectivity index (χ0) is 23.7. The maximum absolute atomic E-state index is 13.0. The Kier molecular flexibility index (Phi) is 6.55. The zero-order valence-electron chi connectivity index (χ0n) is 18.3.